The van der Waals surface area contributed by atoms with Crippen LogP contribution in [-0.4, -0.2) is 45.7 Å². The fourth-order valence-corrected chi connectivity index (χ4v) is 5.18. The number of aromatic nitrogens is 2. The maximum Gasteiger partial charge on any atom is 0.195 e. The summed E-state index contributed by atoms with van der Waals surface area (Å²) in [4.78, 5) is 21.2. The Hall–Kier alpha value is -4.19. The monoisotopic (exact) mass is 480 g/mol. The summed E-state index contributed by atoms with van der Waals surface area (Å²) in [6.45, 7) is 2.27. The van der Waals surface area contributed by atoms with Crippen molar-refractivity contribution >= 4 is 22.5 Å². The van der Waals surface area contributed by atoms with Gasteiger partial charge in [-0.15, -0.1) is 0 Å². The third kappa shape index (κ3) is 3.61. The zero-order valence-corrected chi connectivity index (χ0v) is 19.6. The fraction of sp³-hybridized carbons (Fsp3) is 0.250. The van der Waals surface area contributed by atoms with E-state index in [1.807, 2.05) is 43.3 Å². The first-order valence-electron chi connectivity index (χ1n) is 11.8. The normalized spacial score (nSPS) is 22.1. The molecule has 3 heterocycles. The molecule has 8 nitrogen and oxygen atoms in total. The Morgan fingerprint density at radius 3 is 2.81 bits per heavy atom. The van der Waals surface area contributed by atoms with Crippen LogP contribution in [0, 0.1) is 24.2 Å². The number of para-hydroxylation sites is 1. The van der Waals surface area contributed by atoms with Crippen molar-refractivity contribution < 1.29 is 19.4 Å². The number of carbonyl (C=O) groups is 1. The number of aryl methyl sites for hydroxylation is 1. The molecule has 1 saturated carbocycles. The van der Waals surface area contributed by atoms with Crippen LogP contribution < -0.4 is 10.1 Å². The summed E-state index contributed by atoms with van der Waals surface area (Å²) >= 11 is 0. The molecule has 1 aliphatic heterocycles. The van der Waals surface area contributed by atoms with Crippen LogP contribution in [0.15, 0.2) is 60.9 Å². The number of pyridine rings is 1. The van der Waals surface area contributed by atoms with E-state index in [1.165, 1.54) is 6.20 Å². The van der Waals surface area contributed by atoms with E-state index in [-0.39, 0.29) is 30.0 Å². The molecule has 180 valence electrons. The van der Waals surface area contributed by atoms with E-state index in [0.29, 0.717) is 45.8 Å². The minimum absolute atomic E-state index is 0.0396. The average Bonchev–Trinajstić information content (AvgIpc) is 3.25. The first-order valence-corrected chi connectivity index (χ1v) is 11.8. The van der Waals surface area contributed by atoms with Gasteiger partial charge < -0.3 is 24.9 Å². The van der Waals surface area contributed by atoms with Gasteiger partial charge in [0.05, 0.1) is 47.1 Å². The van der Waals surface area contributed by atoms with Gasteiger partial charge in [-0.1, -0.05) is 18.2 Å². The molecule has 36 heavy (non-hydrogen) atoms. The van der Waals surface area contributed by atoms with Crippen LogP contribution >= 0.6 is 0 Å². The molecule has 4 aromatic rings. The number of ether oxygens (including phenoxy) is 2. The fourth-order valence-electron chi connectivity index (χ4n) is 5.18. The second kappa shape index (κ2) is 8.48. The van der Waals surface area contributed by atoms with E-state index < -0.39 is 0 Å². The molecule has 2 aliphatic rings. The van der Waals surface area contributed by atoms with Gasteiger partial charge >= 0.3 is 0 Å². The van der Waals surface area contributed by atoms with E-state index in [9.17, 15) is 15.2 Å². The number of aromatic amines is 1. The molecule has 2 fully saturated rings. The third-order valence-electron chi connectivity index (χ3n) is 7.18. The first kappa shape index (κ1) is 22.3. The number of H-pyrrole nitrogens is 1. The number of nitriles is 1. The van der Waals surface area contributed by atoms with Crippen molar-refractivity contribution in [1.29, 1.82) is 5.26 Å². The number of aliphatic hydroxyl groups excluding tert-OH is 1. The van der Waals surface area contributed by atoms with Crippen LogP contribution in [0.4, 0.5) is 5.69 Å². The Morgan fingerprint density at radius 1 is 1.28 bits per heavy atom. The molecule has 1 saturated heterocycles. The van der Waals surface area contributed by atoms with Crippen LogP contribution in [0.1, 0.15) is 33.5 Å². The number of fused-ring (bicyclic) bond motifs is 2. The zero-order chi connectivity index (χ0) is 24.9. The SMILES string of the molecule is Cc1cc(Oc2ccccc2)ccc1C(=O)c1c[nH]c2ncc(C#N)c(N[C@@]34COC(CO)[C@@H]3C4)c12. The van der Waals surface area contributed by atoms with Gasteiger partial charge in [0.25, 0.3) is 0 Å². The van der Waals surface area contributed by atoms with Crippen molar-refractivity contribution in [1.82, 2.24) is 9.97 Å². The lowest BCUT2D eigenvalue weighted by Crippen LogP contribution is -2.26. The van der Waals surface area contributed by atoms with E-state index >= 15 is 0 Å². The second-order valence-corrected chi connectivity index (χ2v) is 9.43. The van der Waals surface area contributed by atoms with Crippen molar-refractivity contribution in [2.24, 2.45) is 5.92 Å². The number of anilines is 1. The van der Waals surface area contributed by atoms with Crippen molar-refractivity contribution in [3.8, 4) is 17.6 Å². The number of hydrogen-bond donors (Lipinski definition) is 3. The highest BCUT2D eigenvalue weighted by Crippen LogP contribution is 2.54. The van der Waals surface area contributed by atoms with E-state index in [1.54, 1.807) is 18.3 Å². The summed E-state index contributed by atoms with van der Waals surface area (Å²) in [5.41, 5.74) is 2.84. The van der Waals surface area contributed by atoms with E-state index in [4.69, 9.17) is 9.47 Å². The first-order chi connectivity index (χ1) is 17.5. The number of ketones is 1. The van der Waals surface area contributed by atoms with Crippen LogP contribution in [0.3, 0.4) is 0 Å². The summed E-state index contributed by atoms with van der Waals surface area (Å²) in [6.07, 6.45) is 3.77. The van der Waals surface area contributed by atoms with Gasteiger partial charge in [-0.05, 0) is 49.2 Å². The molecule has 0 amide bonds. The Labute approximate surface area is 207 Å². The minimum atomic E-state index is -0.350. The molecule has 0 radical (unpaired) electrons. The van der Waals surface area contributed by atoms with Gasteiger partial charge in [0.1, 0.15) is 23.2 Å². The van der Waals surface area contributed by atoms with Crippen LogP contribution in [-0.2, 0) is 4.74 Å². The molecule has 6 rings (SSSR count). The van der Waals surface area contributed by atoms with Crippen molar-refractivity contribution in [3.05, 3.63) is 83.2 Å². The molecule has 0 spiro atoms. The molecule has 3 atom stereocenters. The predicted molar refractivity (Wildman–Crippen MR) is 133 cm³/mol. The topological polar surface area (TPSA) is 120 Å². The van der Waals surface area contributed by atoms with Crippen molar-refractivity contribution in [2.75, 3.05) is 18.5 Å². The molecule has 2 aromatic carbocycles. The molecule has 1 unspecified atom stereocenters. The predicted octanol–water partition coefficient (Wildman–Crippen LogP) is 4.33. The maximum atomic E-state index is 13.7. The summed E-state index contributed by atoms with van der Waals surface area (Å²) in [7, 11) is 0. The van der Waals surface area contributed by atoms with Gasteiger partial charge in [-0.2, -0.15) is 5.26 Å². The average molecular weight is 481 g/mol. The lowest BCUT2D eigenvalue weighted by atomic mass is 9.97. The maximum absolute atomic E-state index is 13.7. The van der Waals surface area contributed by atoms with Crippen molar-refractivity contribution in [3.63, 3.8) is 0 Å². The summed E-state index contributed by atoms with van der Waals surface area (Å²) in [5.74, 6) is 1.35. The van der Waals surface area contributed by atoms with Gasteiger partial charge in [0, 0.05) is 23.9 Å². The Balaban J connectivity index is 1.36. The number of carbonyl (C=O) groups excluding carboxylic acids is 1. The van der Waals surface area contributed by atoms with E-state index in [2.05, 4.69) is 21.4 Å². The molecule has 2 aromatic heterocycles. The number of hydrogen-bond acceptors (Lipinski definition) is 7. The lowest BCUT2D eigenvalue weighted by molar-refractivity contribution is 0.0337. The van der Waals surface area contributed by atoms with Crippen LogP contribution in [0.2, 0.25) is 0 Å². The molecular weight excluding hydrogens is 456 g/mol. The highest BCUT2D eigenvalue weighted by atomic mass is 16.5. The highest BCUT2D eigenvalue weighted by molar-refractivity contribution is 6.19. The largest absolute Gasteiger partial charge is 0.457 e. The summed E-state index contributed by atoms with van der Waals surface area (Å²) in [6, 6.07) is 17.0. The Bertz CT molecular complexity index is 1520. The number of nitrogens with zero attached hydrogens (tertiary/aromatic N) is 2. The van der Waals surface area contributed by atoms with E-state index in [0.717, 1.165) is 17.7 Å². The van der Waals surface area contributed by atoms with Gasteiger partial charge in [-0.25, -0.2) is 4.98 Å². The summed E-state index contributed by atoms with van der Waals surface area (Å²) in [5, 5.41) is 23.5. The third-order valence-corrected chi connectivity index (χ3v) is 7.18. The molecular formula is C28H24N4O4. The van der Waals surface area contributed by atoms with Gasteiger partial charge in [0.15, 0.2) is 5.78 Å². The standard InChI is InChI=1S/C28H24N4O4/c1-16-9-19(36-18-5-3-2-4-6-18)7-8-20(16)26(34)21-13-31-27-24(21)25(17(11-29)12-30-27)32-28-10-22(28)23(14-33)35-15-28/h2-9,12-13,22-23,33H,10,14-15H2,1H3,(H2,30,31,32)/t22-,23?,28-/m0/s1. The Kier molecular flexibility index (Phi) is 5.25. The van der Waals surface area contributed by atoms with Gasteiger partial charge in [-0.3, -0.25) is 4.79 Å². The van der Waals surface area contributed by atoms with Crippen molar-refractivity contribution in [2.45, 2.75) is 25.0 Å². The van der Waals surface area contributed by atoms with Crippen LogP contribution in [0.5, 0.6) is 11.5 Å². The Morgan fingerprint density at radius 2 is 2.11 bits per heavy atom. The minimum Gasteiger partial charge on any atom is -0.457 e. The number of nitrogens with one attached hydrogen (secondary N) is 2. The number of benzene rings is 2. The highest BCUT2D eigenvalue weighted by Gasteiger charge is 2.63. The number of rotatable bonds is 7. The van der Waals surface area contributed by atoms with Gasteiger partial charge in [0.2, 0.25) is 0 Å². The smallest absolute Gasteiger partial charge is 0.195 e. The lowest BCUT2D eigenvalue weighted by Gasteiger charge is -2.18. The molecule has 8 heteroatoms. The molecule has 1 aliphatic carbocycles. The second-order valence-electron chi connectivity index (χ2n) is 9.43. The zero-order valence-electron chi connectivity index (χ0n) is 19.6. The molecule has 0 bridgehead atoms. The quantitative estimate of drug-likeness (QED) is 0.337. The molecule has 3 N–H and O–H groups in total. The summed E-state index contributed by atoms with van der Waals surface area (Å²) < 4.78 is 11.6. The number of aliphatic hydroxyl groups is 1. The van der Waals surface area contributed by atoms with Crippen LogP contribution in [0.25, 0.3) is 11.0 Å².